The molecule has 2 aromatic heterocycles. The van der Waals surface area contributed by atoms with Crippen LogP contribution in [-0.4, -0.2) is 41.0 Å². The lowest BCUT2D eigenvalue weighted by Gasteiger charge is -2.15. The molecule has 11 heteroatoms. The van der Waals surface area contributed by atoms with E-state index in [9.17, 15) is 9.59 Å². The highest BCUT2D eigenvalue weighted by Gasteiger charge is 2.22. The van der Waals surface area contributed by atoms with E-state index in [0.717, 1.165) is 33.5 Å². The molecule has 4 amide bonds. The van der Waals surface area contributed by atoms with Gasteiger partial charge in [-0.2, -0.15) is 5.10 Å². The molecule has 0 radical (unpaired) electrons. The van der Waals surface area contributed by atoms with Gasteiger partial charge >= 0.3 is 12.1 Å². The summed E-state index contributed by atoms with van der Waals surface area (Å²) in [5, 5.41) is 17.6. The van der Waals surface area contributed by atoms with Crippen LogP contribution in [0.15, 0.2) is 85.1 Å². The summed E-state index contributed by atoms with van der Waals surface area (Å²) >= 11 is 0. The van der Waals surface area contributed by atoms with E-state index in [1.165, 1.54) is 7.05 Å². The van der Waals surface area contributed by atoms with Gasteiger partial charge in [-0.1, -0.05) is 45.0 Å². The van der Waals surface area contributed by atoms with Crippen molar-refractivity contribution in [2.24, 2.45) is 0 Å². The first-order valence-corrected chi connectivity index (χ1v) is 14.1. The lowest BCUT2D eigenvalue weighted by atomic mass is 9.92. The van der Waals surface area contributed by atoms with Gasteiger partial charge in [0.2, 0.25) is 0 Å². The third-order valence-electron chi connectivity index (χ3n) is 6.86. The topological polar surface area (TPSA) is 131 Å². The Hall–Kier alpha value is -5.58. The predicted molar refractivity (Wildman–Crippen MR) is 172 cm³/mol. The Morgan fingerprint density at radius 2 is 1.61 bits per heavy atom. The molecular weight excluding hydrogens is 558 g/mol. The van der Waals surface area contributed by atoms with Crippen molar-refractivity contribution in [1.29, 1.82) is 0 Å². The Labute approximate surface area is 255 Å². The number of aromatic nitrogens is 3. The van der Waals surface area contributed by atoms with Crippen LogP contribution in [0.1, 0.15) is 32.0 Å². The Morgan fingerprint density at radius 3 is 2.32 bits per heavy atom. The largest absolute Gasteiger partial charge is 0.497 e. The van der Waals surface area contributed by atoms with Crippen molar-refractivity contribution < 1.29 is 19.1 Å². The number of hydrogen-bond donors (Lipinski definition) is 4. The van der Waals surface area contributed by atoms with E-state index in [1.807, 2.05) is 72.8 Å². The number of benzene rings is 3. The molecule has 3 aromatic carbocycles. The summed E-state index contributed by atoms with van der Waals surface area (Å²) in [6, 6.07) is 23.5. The van der Waals surface area contributed by atoms with Crippen molar-refractivity contribution in [3.8, 4) is 17.2 Å². The SMILES string of the molecule is CNC(=O)Nc1cc(COc2ccc(NC(=O)Nc3cc(C(C)(C)C)nn3-c3ccc(OC)cc3)c3ccccc23)ccn1. The summed E-state index contributed by atoms with van der Waals surface area (Å²) in [7, 11) is 3.15. The maximum atomic E-state index is 13.3. The highest BCUT2D eigenvalue weighted by molar-refractivity contribution is 6.07. The molecule has 11 nitrogen and oxygen atoms in total. The molecule has 0 saturated carbocycles. The summed E-state index contributed by atoms with van der Waals surface area (Å²) in [6.07, 6.45) is 1.61. The van der Waals surface area contributed by atoms with Crippen LogP contribution < -0.4 is 30.7 Å². The van der Waals surface area contributed by atoms with Crippen LogP contribution >= 0.6 is 0 Å². The number of pyridine rings is 1. The second-order valence-electron chi connectivity index (χ2n) is 11.1. The lowest BCUT2D eigenvalue weighted by Crippen LogP contribution is -2.25. The zero-order valence-corrected chi connectivity index (χ0v) is 25.3. The summed E-state index contributed by atoms with van der Waals surface area (Å²) in [5.74, 6) is 2.33. The third-order valence-corrected chi connectivity index (χ3v) is 6.86. The highest BCUT2D eigenvalue weighted by atomic mass is 16.5. The van der Waals surface area contributed by atoms with E-state index in [-0.39, 0.29) is 18.1 Å². The molecule has 0 aliphatic rings. The normalized spacial score (nSPS) is 11.1. The Kier molecular flexibility index (Phi) is 8.66. The van der Waals surface area contributed by atoms with Gasteiger partial charge in [0.1, 0.15) is 29.7 Å². The summed E-state index contributed by atoms with van der Waals surface area (Å²) in [6.45, 7) is 6.47. The monoisotopic (exact) mass is 593 g/mol. The second kappa shape index (κ2) is 12.7. The molecule has 0 aliphatic carbocycles. The highest BCUT2D eigenvalue weighted by Crippen LogP contribution is 2.33. The van der Waals surface area contributed by atoms with E-state index in [0.29, 0.717) is 23.1 Å². The first kappa shape index (κ1) is 29.9. The fraction of sp³-hybridized carbons (Fsp3) is 0.212. The van der Waals surface area contributed by atoms with Crippen LogP contribution in [0.3, 0.4) is 0 Å². The summed E-state index contributed by atoms with van der Waals surface area (Å²) < 4.78 is 13.2. The van der Waals surface area contributed by atoms with Gasteiger partial charge in [0.25, 0.3) is 0 Å². The van der Waals surface area contributed by atoms with Crippen molar-refractivity contribution >= 4 is 40.2 Å². The smallest absolute Gasteiger partial charge is 0.324 e. The van der Waals surface area contributed by atoms with Gasteiger partial charge in [-0.3, -0.25) is 10.6 Å². The van der Waals surface area contributed by atoms with Crippen LogP contribution in [0, 0.1) is 0 Å². The minimum absolute atomic E-state index is 0.227. The van der Waals surface area contributed by atoms with Crippen LogP contribution in [0.5, 0.6) is 11.5 Å². The quantitative estimate of drug-likeness (QED) is 0.158. The first-order chi connectivity index (χ1) is 21.1. The summed E-state index contributed by atoms with van der Waals surface area (Å²) in [4.78, 5) is 29.1. The maximum absolute atomic E-state index is 13.3. The average molecular weight is 594 g/mol. The molecule has 226 valence electrons. The Balaban J connectivity index is 1.35. The molecule has 2 heterocycles. The van der Waals surface area contributed by atoms with Gasteiger partial charge in [-0.05, 0) is 54.1 Å². The number of carbonyl (C=O) groups excluding carboxylic acids is 2. The number of methoxy groups -OCH3 is 1. The van der Waals surface area contributed by atoms with Crippen molar-refractivity contribution in [2.45, 2.75) is 32.8 Å². The molecule has 0 spiro atoms. The van der Waals surface area contributed by atoms with Gasteiger partial charge in [0, 0.05) is 35.5 Å². The standard InChI is InChI=1S/C33H35N7O4/c1-33(2,3)28-19-30(40(39-28)22-10-12-23(43-5)13-11-22)38-32(42)36-26-14-15-27(25-9-7-6-8-24(25)26)44-20-21-16-17-35-29(18-21)37-31(41)34-4/h6-19H,20H2,1-5H3,(H2,36,38,42)(H2,34,35,37,41). The van der Waals surface area contributed by atoms with Gasteiger partial charge in [0.05, 0.1) is 24.2 Å². The summed E-state index contributed by atoms with van der Waals surface area (Å²) in [5.41, 5.74) is 2.85. The van der Waals surface area contributed by atoms with E-state index >= 15 is 0 Å². The molecule has 44 heavy (non-hydrogen) atoms. The van der Waals surface area contributed by atoms with Crippen LogP contribution in [0.4, 0.5) is 26.9 Å². The second-order valence-corrected chi connectivity index (χ2v) is 11.1. The number of amides is 4. The van der Waals surface area contributed by atoms with E-state index in [4.69, 9.17) is 14.6 Å². The fourth-order valence-electron chi connectivity index (χ4n) is 4.51. The molecule has 0 bridgehead atoms. The van der Waals surface area contributed by atoms with Gasteiger partial charge in [0.15, 0.2) is 0 Å². The van der Waals surface area contributed by atoms with E-state index < -0.39 is 6.03 Å². The molecule has 0 fully saturated rings. The van der Waals surface area contributed by atoms with Gasteiger partial charge < -0.3 is 20.1 Å². The number of anilines is 3. The molecule has 0 saturated heterocycles. The minimum Gasteiger partial charge on any atom is -0.497 e. The number of rotatable bonds is 8. The number of hydrogen-bond acceptors (Lipinski definition) is 6. The predicted octanol–water partition coefficient (Wildman–Crippen LogP) is 6.70. The minimum atomic E-state index is -0.410. The molecule has 5 rings (SSSR count). The van der Waals surface area contributed by atoms with Crippen LogP contribution in [-0.2, 0) is 12.0 Å². The number of urea groups is 2. The molecule has 0 unspecified atom stereocenters. The molecule has 4 N–H and O–H groups in total. The Bertz CT molecular complexity index is 1790. The van der Waals surface area contributed by atoms with Crippen LogP contribution in [0.2, 0.25) is 0 Å². The van der Waals surface area contributed by atoms with Crippen molar-refractivity contribution in [3.63, 3.8) is 0 Å². The number of carbonyl (C=O) groups is 2. The third kappa shape index (κ3) is 6.89. The van der Waals surface area contributed by atoms with E-state index in [2.05, 4.69) is 47.0 Å². The lowest BCUT2D eigenvalue weighted by molar-refractivity contribution is 0.253. The van der Waals surface area contributed by atoms with Crippen LogP contribution in [0.25, 0.3) is 16.5 Å². The fourth-order valence-corrected chi connectivity index (χ4v) is 4.51. The molecule has 5 aromatic rings. The molecule has 0 aliphatic heterocycles. The molecular formula is C33H35N7O4. The van der Waals surface area contributed by atoms with Gasteiger partial charge in [-0.25, -0.2) is 19.3 Å². The van der Waals surface area contributed by atoms with Crippen molar-refractivity contribution in [3.05, 3.63) is 96.3 Å². The Morgan fingerprint density at radius 1 is 0.864 bits per heavy atom. The van der Waals surface area contributed by atoms with Crippen molar-refractivity contribution in [1.82, 2.24) is 20.1 Å². The van der Waals surface area contributed by atoms with Gasteiger partial charge in [-0.15, -0.1) is 0 Å². The number of nitrogens with zero attached hydrogens (tertiary/aromatic N) is 3. The van der Waals surface area contributed by atoms with E-state index in [1.54, 1.807) is 24.1 Å². The number of fused-ring (bicyclic) bond motifs is 1. The number of nitrogens with one attached hydrogen (secondary N) is 4. The number of ether oxygens (including phenoxy) is 2. The zero-order valence-electron chi connectivity index (χ0n) is 25.3. The maximum Gasteiger partial charge on any atom is 0.324 e. The average Bonchev–Trinajstić information content (AvgIpc) is 3.45. The first-order valence-electron chi connectivity index (χ1n) is 14.1. The van der Waals surface area contributed by atoms with Crippen molar-refractivity contribution in [2.75, 3.05) is 30.1 Å². The zero-order chi connectivity index (χ0) is 31.3. The molecule has 0 atom stereocenters.